The highest BCUT2D eigenvalue weighted by Gasteiger charge is 2.09. The lowest BCUT2D eigenvalue weighted by Gasteiger charge is -2.06. The average Bonchev–Trinajstić information content (AvgIpc) is 3.22. The van der Waals surface area contributed by atoms with Crippen LogP contribution in [-0.2, 0) is 6.54 Å². The van der Waals surface area contributed by atoms with Crippen molar-refractivity contribution in [3.8, 4) is 11.5 Å². The minimum Gasteiger partial charge on any atom is -0.463 e. The molecule has 0 aromatic carbocycles. The maximum atomic E-state index is 11.8. The van der Waals surface area contributed by atoms with Gasteiger partial charge >= 0.3 is 0 Å². The highest BCUT2D eigenvalue weighted by molar-refractivity contribution is 5.91. The highest BCUT2D eigenvalue weighted by atomic mass is 16.5. The summed E-state index contributed by atoms with van der Waals surface area (Å²) in [5.41, 5.74) is 0.287. The first-order valence-electron chi connectivity index (χ1n) is 6.55. The molecule has 0 bridgehead atoms. The van der Waals surface area contributed by atoms with Crippen LogP contribution in [0.1, 0.15) is 10.6 Å². The van der Waals surface area contributed by atoms with Gasteiger partial charge in [-0.2, -0.15) is 5.10 Å². The van der Waals surface area contributed by atoms with Gasteiger partial charge in [-0.05, 0) is 18.2 Å². The summed E-state index contributed by atoms with van der Waals surface area (Å²) in [6.07, 6.45) is 2.91. The molecule has 8 nitrogen and oxygen atoms in total. The van der Waals surface area contributed by atoms with E-state index in [0.29, 0.717) is 11.5 Å². The van der Waals surface area contributed by atoms with Crippen LogP contribution < -0.4 is 10.9 Å². The van der Waals surface area contributed by atoms with Gasteiger partial charge in [-0.1, -0.05) is 5.16 Å². The van der Waals surface area contributed by atoms with Crippen molar-refractivity contribution in [2.24, 2.45) is 0 Å². The fraction of sp³-hybridized carbons (Fsp3) is 0.143. The summed E-state index contributed by atoms with van der Waals surface area (Å²) in [7, 11) is 0. The molecular formula is C14H12N4O4. The molecule has 0 unspecified atom stereocenters. The molecule has 0 aliphatic heterocycles. The van der Waals surface area contributed by atoms with Crippen molar-refractivity contribution in [3.63, 3.8) is 0 Å². The first-order valence-corrected chi connectivity index (χ1v) is 6.55. The van der Waals surface area contributed by atoms with E-state index < -0.39 is 5.91 Å². The first-order chi connectivity index (χ1) is 10.7. The van der Waals surface area contributed by atoms with Crippen molar-refractivity contribution >= 4 is 5.91 Å². The number of nitrogens with one attached hydrogen (secondary N) is 1. The third kappa shape index (κ3) is 2.95. The average molecular weight is 300 g/mol. The molecule has 0 fully saturated rings. The zero-order valence-electron chi connectivity index (χ0n) is 11.4. The molecule has 112 valence electrons. The number of carbonyl (C=O) groups excluding carboxylic acids is 1. The van der Waals surface area contributed by atoms with E-state index in [1.807, 2.05) is 0 Å². The second-order valence-electron chi connectivity index (χ2n) is 4.39. The van der Waals surface area contributed by atoms with Gasteiger partial charge in [0, 0.05) is 18.7 Å². The number of furan rings is 1. The van der Waals surface area contributed by atoms with Gasteiger partial charge in [0.05, 0.1) is 19.0 Å². The van der Waals surface area contributed by atoms with E-state index in [2.05, 4.69) is 15.6 Å². The van der Waals surface area contributed by atoms with Gasteiger partial charge in [-0.15, -0.1) is 0 Å². The van der Waals surface area contributed by atoms with Crippen molar-refractivity contribution in [1.29, 1.82) is 0 Å². The van der Waals surface area contributed by atoms with Gasteiger partial charge in [0.25, 0.3) is 11.5 Å². The quantitative estimate of drug-likeness (QED) is 0.751. The molecule has 3 aromatic heterocycles. The molecule has 0 saturated carbocycles. The summed E-state index contributed by atoms with van der Waals surface area (Å²) in [6, 6.07) is 7.94. The molecule has 1 N–H and O–H groups in total. The molecule has 0 saturated heterocycles. The Hall–Kier alpha value is -3.16. The smallest absolute Gasteiger partial charge is 0.289 e. The Kier molecular flexibility index (Phi) is 3.82. The summed E-state index contributed by atoms with van der Waals surface area (Å²) >= 11 is 0. The number of rotatable bonds is 5. The van der Waals surface area contributed by atoms with Crippen molar-refractivity contribution in [2.75, 3.05) is 6.54 Å². The molecule has 3 aromatic rings. The van der Waals surface area contributed by atoms with Crippen LogP contribution in [0.25, 0.3) is 11.5 Å². The maximum Gasteiger partial charge on any atom is 0.289 e. The van der Waals surface area contributed by atoms with Crippen LogP contribution in [0.5, 0.6) is 0 Å². The van der Waals surface area contributed by atoms with Crippen LogP contribution >= 0.6 is 0 Å². The third-order valence-electron chi connectivity index (χ3n) is 2.91. The molecule has 0 radical (unpaired) electrons. The van der Waals surface area contributed by atoms with Gasteiger partial charge < -0.3 is 14.3 Å². The lowest BCUT2D eigenvalue weighted by atomic mass is 10.3. The van der Waals surface area contributed by atoms with Crippen LogP contribution in [0.3, 0.4) is 0 Å². The Balaban J connectivity index is 1.66. The Labute approximate surface area is 124 Å². The minimum absolute atomic E-state index is 0.115. The summed E-state index contributed by atoms with van der Waals surface area (Å²) in [5.74, 6) is 0.289. The Bertz CT molecular complexity index is 806. The molecule has 0 atom stereocenters. The molecule has 1 amide bonds. The first kappa shape index (κ1) is 13.8. The fourth-order valence-corrected chi connectivity index (χ4v) is 1.86. The van der Waals surface area contributed by atoms with E-state index >= 15 is 0 Å². The van der Waals surface area contributed by atoms with E-state index in [0.717, 1.165) is 0 Å². The predicted octanol–water partition coefficient (Wildman–Crippen LogP) is 0.921. The lowest BCUT2D eigenvalue weighted by molar-refractivity contribution is 0.0915. The van der Waals surface area contributed by atoms with Gasteiger partial charge in [-0.25, -0.2) is 4.68 Å². The fourth-order valence-electron chi connectivity index (χ4n) is 1.86. The number of carbonyl (C=O) groups is 1. The zero-order chi connectivity index (χ0) is 15.4. The largest absolute Gasteiger partial charge is 0.463 e. The lowest BCUT2D eigenvalue weighted by Crippen LogP contribution is -2.31. The maximum absolute atomic E-state index is 11.8. The molecule has 3 rings (SSSR count). The molecule has 3 heterocycles. The second-order valence-corrected chi connectivity index (χ2v) is 4.39. The van der Waals surface area contributed by atoms with Crippen LogP contribution in [0.4, 0.5) is 0 Å². The van der Waals surface area contributed by atoms with Gasteiger partial charge in [0.15, 0.2) is 5.76 Å². The number of nitrogens with zero attached hydrogens (tertiary/aromatic N) is 3. The summed E-state index contributed by atoms with van der Waals surface area (Å²) in [4.78, 5) is 23.4. The van der Waals surface area contributed by atoms with Gasteiger partial charge in [-0.3, -0.25) is 9.59 Å². The Morgan fingerprint density at radius 2 is 2.18 bits per heavy atom. The van der Waals surface area contributed by atoms with Gasteiger partial charge in [0.2, 0.25) is 5.76 Å². The number of aromatic nitrogens is 3. The summed E-state index contributed by atoms with van der Waals surface area (Å²) in [5, 5.41) is 10.3. The SMILES string of the molecule is O=C(NCCn1nc(-c2ccco2)ccc1=O)c1ccno1. The van der Waals surface area contributed by atoms with Crippen LogP contribution in [0, 0.1) is 0 Å². The summed E-state index contributed by atoms with van der Waals surface area (Å²) in [6.45, 7) is 0.460. The number of amides is 1. The van der Waals surface area contributed by atoms with Crippen molar-refractivity contribution in [3.05, 3.63) is 58.9 Å². The van der Waals surface area contributed by atoms with Crippen LogP contribution in [0.15, 0.2) is 56.5 Å². The van der Waals surface area contributed by atoms with E-state index in [9.17, 15) is 9.59 Å². The standard InChI is InChI=1S/C14H12N4O4/c19-13-4-3-10(11-2-1-9-21-11)17-18(13)8-7-15-14(20)12-5-6-16-22-12/h1-6,9H,7-8H2,(H,15,20). The zero-order valence-corrected chi connectivity index (χ0v) is 11.4. The van der Waals surface area contributed by atoms with Gasteiger partial charge in [0.1, 0.15) is 5.69 Å². The molecular weight excluding hydrogens is 288 g/mol. The third-order valence-corrected chi connectivity index (χ3v) is 2.91. The molecule has 0 aliphatic rings. The molecule has 8 heteroatoms. The Morgan fingerprint density at radius 1 is 1.27 bits per heavy atom. The number of hydrogen-bond acceptors (Lipinski definition) is 6. The monoisotopic (exact) mass is 300 g/mol. The van der Waals surface area contributed by atoms with Crippen LogP contribution in [-0.4, -0.2) is 27.4 Å². The number of hydrogen-bond donors (Lipinski definition) is 1. The van der Waals surface area contributed by atoms with E-state index in [1.54, 1.807) is 18.2 Å². The van der Waals surface area contributed by atoms with Crippen molar-refractivity contribution in [2.45, 2.75) is 6.54 Å². The normalized spacial score (nSPS) is 10.5. The molecule has 0 spiro atoms. The van der Waals surface area contributed by atoms with Crippen molar-refractivity contribution in [1.82, 2.24) is 20.3 Å². The molecule has 0 aliphatic carbocycles. The van der Waals surface area contributed by atoms with E-state index in [1.165, 1.54) is 29.3 Å². The van der Waals surface area contributed by atoms with Crippen LogP contribution in [0.2, 0.25) is 0 Å². The van der Waals surface area contributed by atoms with Crippen molar-refractivity contribution < 1.29 is 13.7 Å². The predicted molar refractivity (Wildman–Crippen MR) is 75.0 cm³/mol. The topological polar surface area (TPSA) is 103 Å². The Morgan fingerprint density at radius 3 is 2.91 bits per heavy atom. The highest BCUT2D eigenvalue weighted by Crippen LogP contribution is 2.14. The summed E-state index contributed by atoms with van der Waals surface area (Å²) < 4.78 is 11.2. The minimum atomic E-state index is -0.396. The van der Waals surface area contributed by atoms with E-state index in [-0.39, 0.29) is 24.4 Å². The molecule has 22 heavy (non-hydrogen) atoms. The second kappa shape index (κ2) is 6.08. The van der Waals surface area contributed by atoms with E-state index in [4.69, 9.17) is 8.94 Å².